The van der Waals surface area contributed by atoms with Gasteiger partial charge in [-0.05, 0) is 25.5 Å². The van der Waals surface area contributed by atoms with Crippen molar-refractivity contribution < 1.29 is 0 Å². The lowest BCUT2D eigenvalue weighted by molar-refractivity contribution is 0.758. The summed E-state index contributed by atoms with van der Waals surface area (Å²) >= 11 is 5.68. The zero-order valence-corrected chi connectivity index (χ0v) is 8.39. The Hall–Kier alpha value is -0.760. The number of hydrogen-bond acceptors (Lipinski definition) is 1. The maximum absolute atomic E-state index is 5.68. The number of halogens is 1. The fourth-order valence-corrected chi connectivity index (χ4v) is 1.11. The van der Waals surface area contributed by atoms with Crippen LogP contribution in [0, 0.1) is 6.92 Å². The molecule has 0 aliphatic rings. The van der Waals surface area contributed by atoms with Crippen LogP contribution in [0.2, 0.25) is 0 Å². The van der Waals surface area contributed by atoms with Crippen LogP contribution in [0.25, 0.3) is 6.08 Å². The number of nitrogens with zero attached hydrogens (tertiary/aromatic N) is 2. The second kappa shape index (κ2) is 3.76. The molecular formula is C9H13ClN2. The normalized spacial score (nSPS) is 12.2. The molecular weight excluding hydrogens is 172 g/mol. The molecule has 0 spiro atoms. The van der Waals surface area contributed by atoms with Crippen LogP contribution in [-0.2, 0) is 7.05 Å². The van der Waals surface area contributed by atoms with E-state index >= 15 is 0 Å². The highest BCUT2D eigenvalue weighted by molar-refractivity contribution is 6.19. The summed E-state index contributed by atoms with van der Waals surface area (Å²) in [6.45, 7) is 4.06. The molecule has 1 aromatic heterocycles. The summed E-state index contributed by atoms with van der Waals surface area (Å²) in [5.41, 5.74) is 3.47. The van der Waals surface area contributed by atoms with E-state index in [4.69, 9.17) is 11.6 Å². The molecule has 1 heterocycles. The van der Waals surface area contributed by atoms with E-state index in [1.165, 1.54) is 5.56 Å². The summed E-state index contributed by atoms with van der Waals surface area (Å²) in [7, 11) is 1.93. The van der Waals surface area contributed by atoms with Crippen molar-refractivity contribution in [3.63, 3.8) is 0 Å². The second-order valence-corrected chi connectivity index (χ2v) is 3.23. The van der Waals surface area contributed by atoms with Crippen molar-refractivity contribution in [2.75, 3.05) is 5.88 Å². The number of rotatable bonds is 2. The third kappa shape index (κ3) is 1.89. The highest BCUT2D eigenvalue weighted by Gasteiger charge is 2.00. The molecule has 0 amide bonds. The Morgan fingerprint density at radius 2 is 2.42 bits per heavy atom. The number of alkyl halides is 1. The molecule has 1 aromatic rings. The quantitative estimate of drug-likeness (QED) is 0.646. The van der Waals surface area contributed by atoms with E-state index in [0.717, 1.165) is 11.3 Å². The largest absolute Gasteiger partial charge is 0.268 e. The van der Waals surface area contributed by atoms with E-state index in [1.54, 1.807) is 0 Å². The smallest absolute Gasteiger partial charge is 0.0635 e. The van der Waals surface area contributed by atoms with Crippen molar-refractivity contribution in [1.82, 2.24) is 9.78 Å². The van der Waals surface area contributed by atoms with Crippen LogP contribution in [-0.4, -0.2) is 15.7 Å². The molecule has 0 N–H and O–H groups in total. The molecule has 1 rings (SSSR count). The molecule has 0 aliphatic carbocycles. The first-order valence-corrected chi connectivity index (χ1v) is 4.40. The molecule has 66 valence electrons. The van der Waals surface area contributed by atoms with Gasteiger partial charge in [-0.25, -0.2) is 0 Å². The third-order valence-corrected chi connectivity index (χ3v) is 2.19. The SMILES string of the molecule is C/C(=C\c1c(C)cnn1C)CCl. The molecule has 12 heavy (non-hydrogen) atoms. The summed E-state index contributed by atoms with van der Waals surface area (Å²) in [5, 5.41) is 4.13. The van der Waals surface area contributed by atoms with Crippen LogP contribution in [0.5, 0.6) is 0 Å². The number of allylic oxidation sites excluding steroid dienone is 1. The topological polar surface area (TPSA) is 17.8 Å². The van der Waals surface area contributed by atoms with Crippen LogP contribution in [0.4, 0.5) is 0 Å². The van der Waals surface area contributed by atoms with Gasteiger partial charge < -0.3 is 0 Å². The van der Waals surface area contributed by atoms with E-state index in [1.807, 2.05) is 31.8 Å². The van der Waals surface area contributed by atoms with Gasteiger partial charge in [0.05, 0.1) is 11.9 Å². The van der Waals surface area contributed by atoms with E-state index in [2.05, 4.69) is 11.2 Å². The zero-order chi connectivity index (χ0) is 9.14. The molecule has 0 unspecified atom stereocenters. The Kier molecular flexibility index (Phi) is 2.93. The molecule has 0 bridgehead atoms. The van der Waals surface area contributed by atoms with Gasteiger partial charge in [0.25, 0.3) is 0 Å². The predicted molar refractivity (Wildman–Crippen MR) is 52.3 cm³/mol. The highest BCUT2D eigenvalue weighted by Crippen LogP contribution is 2.11. The molecule has 0 radical (unpaired) electrons. The van der Waals surface area contributed by atoms with Gasteiger partial charge in [0.2, 0.25) is 0 Å². The summed E-state index contributed by atoms with van der Waals surface area (Å²) in [6, 6.07) is 0. The van der Waals surface area contributed by atoms with Crippen molar-refractivity contribution in [2.24, 2.45) is 7.05 Å². The van der Waals surface area contributed by atoms with E-state index < -0.39 is 0 Å². The lowest BCUT2D eigenvalue weighted by Gasteiger charge is -1.98. The van der Waals surface area contributed by atoms with Crippen molar-refractivity contribution in [1.29, 1.82) is 0 Å². The minimum Gasteiger partial charge on any atom is -0.268 e. The van der Waals surface area contributed by atoms with Gasteiger partial charge in [0.1, 0.15) is 0 Å². The second-order valence-electron chi connectivity index (χ2n) is 2.96. The first-order valence-electron chi connectivity index (χ1n) is 3.87. The molecule has 0 atom stereocenters. The number of hydrogen-bond donors (Lipinski definition) is 0. The zero-order valence-electron chi connectivity index (χ0n) is 7.63. The molecule has 0 saturated carbocycles. The molecule has 3 heteroatoms. The molecule has 0 fully saturated rings. The fraction of sp³-hybridized carbons (Fsp3) is 0.444. The van der Waals surface area contributed by atoms with Gasteiger partial charge in [0.15, 0.2) is 0 Å². The highest BCUT2D eigenvalue weighted by atomic mass is 35.5. The standard InChI is InChI=1S/C9H13ClN2/c1-7(5-10)4-9-8(2)6-11-12(9)3/h4,6H,5H2,1-3H3/b7-4+. The van der Waals surface area contributed by atoms with Gasteiger partial charge in [-0.2, -0.15) is 5.10 Å². The van der Waals surface area contributed by atoms with Gasteiger partial charge in [-0.1, -0.05) is 5.57 Å². The van der Waals surface area contributed by atoms with Crippen molar-refractivity contribution in [3.8, 4) is 0 Å². The van der Waals surface area contributed by atoms with Crippen LogP contribution in [0.1, 0.15) is 18.2 Å². The first kappa shape index (κ1) is 9.33. The van der Waals surface area contributed by atoms with E-state index in [0.29, 0.717) is 5.88 Å². The van der Waals surface area contributed by atoms with Crippen molar-refractivity contribution in [3.05, 3.63) is 23.0 Å². The predicted octanol–water partition coefficient (Wildman–Crippen LogP) is 2.37. The lowest BCUT2D eigenvalue weighted by Crippen LogP contribution is -1.94. The number of aryl methyl sites for hydroxylation is 2. The fourth-order valence-electron chi connectivity index (χ4n) is 1.04. The Balaban J connectivity index is 3.02. The maximum atomic E-state index is 5.68. The van der Waals surface area contributed by atoms with Gasteiger partial charge in [0, 0.05) is 12.9 Å². The molecule has 0 saturated heterocycles. The van der Waals surface area contributed by atoms with Crippen LogP contribution in [0.15, 0.2) is 11.8 Å². The first-order chi connectivity index (χ1) is 5.65. The average molecular weight is 185 g/mol. The van der Waals surface area contributed by atoms with Crippen molar-refractivity contribution in [2.45, 2.75) is 13.8 Å². The Morgan fingerprint density at radius 3 is 2.83 bits per heavy atom. The summed E-state index contributed by atoms with van der Waals surface area (Å²) in [5.74, 6) is 0.574. The lowest BCUT2D eigenvalue weighted by atomic mass is 10.2. The summed E-state index contributed by atoms with van der Waals surface area (Å²) in [4.78, 5) is 0. The minimum atomic E-state index is 0.574. The molecule has 2 nitrogen and oxygen atoms in total. The average Bonchev–Trinajstić information content (AvgIpc) is 2.35. The van der Waals surface area contributed by atoms with Crippen molar-refractivity contribution >= 4 is 17.7 Å². The summed E-state index contributed by atoms with van der Waals surface area (Å²) in [6.07, 6.45) is 3.92. The van der Waals surface area contributed by atoms with Gasteiger partial charge >= 0.3 is 0 Å². The Bertz CT molecular complexity index is 280. The monoisotopic (exact) mass is 184 g/mol. The van der Waals surface area contributed by atoms with Gasteiger partial charge in [-0.15, -0.1) is 11.6 Å². The summed E-state index contributed by atoms with van der Waals surface area (Å²) < 4.78 is 1.85. The van der Waals surface area contributed by atoms with E-state index in [9.17, 15) is 0 Å². The maximum Gasteiger partial charge on any atom is 0.0635 e. The minimum absolute atomic E-state index is 0.574. The third-order valence-electron chi connectivity index (χ3n) is 1.77. The van der Waals surface area contributed by atoms with Crippen LogP contribution < -0.4 is 0 Å². The molecule has 0 aromatic carbocycles. The van der Waals surface area contributed by atoms with Crippen LogP contribution >= 0.6 is 11.6 Å². The van der Waals surface area contributed by atoms with Crippen LogP contribution in [0.3, 0.4) is 0 Å². The van der Waals surface area contributed by atoms with E-state index in [-0.39, 0.29) is 0 Å². The Morgan fingerprint density at radius 1 is 1.75 bits per heavy atom. The van der Waals surface area contributed by atoms with Gasteiger partial charge in [-0.3, -0.25) is 4.68 Å². The number of aromatic nitrogens is 2. The Labute approximate surface area is 77.8 Å². The molecule has 0 aliphatic heterocycles.